The SMILES string of the molecule is CN(C)c1cccc(CCC=O)c1. The Labute approximate surface area is 79.2 Å². The molecule has 1 rings (SSSR count). The number of hydrogen-bond donors (Lipinski definition) is 0. The number of carbonyl (C=O) groups excluding carboxylic acids is 1. The molecule has 0 saturated carbocycles. The van der Waals surface area contributed by atoms with Crippen LogP contribution in [0.3, 0.4) is 0 Å². The van der Waals surface area contributed by atoms with Crippen LogP contribution in [0.1, 0.15) is 12.0 Å². The average molecular weight is 177 g/mol. The molecule has 0 spiro atoms. The molecule has 1 aromatic carbocycles. The van der Waals surface area contributed by atoms with Crippen LogP contribution < -0.4 is 4.90 Å². The Balaban J connectivity index is 2.73. The van der Waals surface area contributed by atoms with Crippen LogP contribution in [-0.2, 0) is 11.2 Å². The summed E-state index contributed by atoms with van der Waals surface area (Å²) in [5.74, 6) is 0. The summed E-state index contributed by atoms with van der Waals surface area (Å²) in [5, 5.41) is 0. The molecule has 0 aliphatic heterocycles. The first-order chi connectivity index (χ1) is 6.24. The Kier molecular flexibility index (Phi) is 3.50. The topological polar surface area (TPSA) is 20.3 Å². The van der Waals surface area contributed by atoms with E-state index in [0.29, 0.717) is 6.42 Å². The lowest BCUT2D eigenvalue weighted by atomic mass is 10.1. The van der Waals surface area contributed by atoms with Crippen molar-refractivity contribution >= 4 is 12.0 Å². The van der Waals surface area contributed by atoms with Crippen molar-refractivity contribution in [2.45, 2.75) is 12.8 Å². The Hall–Kier alpha value is -1.31. The Morgan fingerprint density at radius 1 is 1.38 bits per heavy atom. The van der Waals surface area contributed by atoms with Crippen molar-refractivity contribution in [3.63, 3.8) is 0 Å². The second kappa shape index (κ2) is 4.65. The molecule has 0 amide bonds. The van der Waals surface area contributed by atoms with E-state index in [1.807, 2.05) is 20.2 Å². The smallest absolute Gasteiger partial charge is 0.120 e. The van der Waals surface area contributed by atoms with Crippen LogP contribution in [-0.4, -0.2) is 20.4 Å². The molecule has 2 nitrogen and oxygen atoms in total. The summed E-state index contributed by atoms with van der Waals surface area (Å²) in [5.41, 5.74) is 2.40. The molecule has 0 aliphatic rings. The third-order valence-corrected chi connectivity index (χ3v) is 1.98. The van der Waals surface area contributed by atoms with E-state index in [9.17, 15) is 4.79 Å². The van der Waals surface area contributed by atoms with Gasteiger partial charge in [-0.05, 0) is 24.1 Å². The predicted molar refractivity (Wildman–Crippen MR) is 55.2 cm³/mol. The fraction of sp³-hybridized carbons (Fsp3) is 0.364. The monoisotopic (exact) mass is 177 g/mol. The van der Waals surface area contributed by atoms with E-state index < -0.39 is 0 Å². The highest BCUT2D eigenvalue weighted by atomic mass is 16.1. The van der Waals surface area contributed by atoms with Crippen molar-refractivity contribution in [3.05, 3.63) is 29.8 Å². The largest absolute Gasteiger partial charge is 0.378 e. The maximum absolute atomic E-state index is 10.2. The first-order valence-corrected chi connectivity index (χ1v) is 4.44. The Morgan fingerprint density at radius 2 is 2.15 bits per heavy atom. The quantitative estimate of drug-likeness (QED) is 0.654. The number of nitrogens with zero attached hydrogens (tertiary/aromatic N) is 1. The second-order valence-electron chi connectivity index (χ2n) is 3.27. The minimum atomic E-state index is 0.608. The van der Waals surface area contributed by atoms with Crippen molar-refractivity contribution in [1.82, 2.24) is 0 Å². The number of benzene rings is 1. The number of rotatable bonds is 4. The van der Waals surface area contributed by atoms with E-state index >= 15 is 0 Å². The summed E-state index contributed by atoms with van der Waals surface area (Å²) in [6.45, 7) is 0. The van der Waals surface area contributed by atoms with Crippen molar-refractivity contribution < 1.29 is 4.79 Å². The summed E-state index contributed by atoms with van der Waals surface area (Å²) in [7, 11) is 4.03. The summed E-state index contributed by atoms with van der Waals surface area (Å²) in [4.78, 5) is 12.2. The second-order valence-corrected chi connectivity index (χ2v) is 3.27. The normalized spacial score (nSPS) is 9.69. The lowest BCUT2D eigenvalue weighted by Gasteiger charge is -2.13. The van der Waals surface area contributed by atoms with Crippen molar-refractivity contribution in [1.29, 1.82) is 0 Å². The molecular formula is C11H15NO. The molecular weight excluding hydrogens is 162 g/mol. The van der Waals surface area contributed by atoms with Crippen molar-refractivity contribution in [2.24, 2.45) is 0 Å². The van der Waals surface area contributed by atoms with Crippen LogP contribution >= 0.6 is 0 Å². The summed E-state index contributed by atoms with van der Waals surface area (Å²) in [6.07, 6.45) is 2.41. The third kappa shape index (κ3) is 2.90. The highest BCUT2D eigenvalue weighted by molar-refractivity contribution is 5.51. The Morgan fingerprint density at radius 3 is 2.77 bits per heavy atom. The van der Waals surface area contributed by atoms with E-state index in [1.54, 1.807) is 0 Å². The minimum Gasteiger partial charge on any atom is -0.378 e. The van der Waals surface area contributed by atoms with Gasteiger partial charge >= 0.3 is 0 Å². The molecule has 0 atom stereocenters. The van der Waals surface area contributed by atoms with E-state index in [2.05, 4.69) is 23.1 Å². The number of aryl methyl sites for hydroxylation is 1. The van der Waals surface area contributed by atoms with Gasteiger partial charge in [0.1, 0.15) is 6.29 Å². The molecule has 0 heterocycles. The van der Waals surface area contributed by atoms with E-state index in [1.165, 1.54) is 11.3 Å². The summed E-state index contributed by atoms with van der Waals surface area (Å²) >= 11 is 0. The van der Waals surface area contributed by atoms with Gasteiger partial charge in [0.25, 0.3) is 0 Å². The van der Waals surface area contributed by atoms with Crippen molar-refractivity contribution in [2.75, 3.05) is 19.0 Å². The zero-order valence-corrected chi connectivity index (χ0v) is 8.16. The lowest BCUT2D eigenvalue weighted by molar-refractivity contribution is -0.107. The van der Waals surface area contributed by atoms with Gasteiger partial charge in [0.05, 0.1) is 0 Å². The maximum Gasteiger partial charge on any atom is 0.120 e. The van der Waals surface area contributed by atoms with Gasteiger partial charge in [-0.3, -0.25) is 0 Å². The van der Waals surface area contributed by atoms with Crippen LogP contribution in [0.25, 0.3) is 0 Å². The summed E-state index contributed by atoms with van der Waals surface area (Å²) in [6, 6.07) is 8.25. The average Bonchev–Trinajstić information content (AvgIpc) is 2.15. The van der Waals surface area contributed by atoms with Gasteiger partial charge in [0.2, 0.25) is 0 Å². The zero-order chi connectivity index (χ0) is 9.68. The first-order valence-electron chi connectivity index (χ1n) is 4.44. The minimum absolute atomic E-state index is 0.608. The molecule has 0 unspecified atom stereocenters. The maximum atomic E-state index is 10.2. The predicted octanol–water partition coefficient (Wildman–Crippen LogP) is 1.88. The molecule has 0 aliphatic carbocycles. The van der Waals surface area contributed by atoms with Gasteiger partial charge in [-0.1, -0.05) is 12.1 Å². The zero-order valence-electron chi connectivity index (χ0n) is 8.16. The van der Waals surface area contributed by atoms with Crippen LogP contribution in [0, 0.1) is 0 Å². The molecule has 0 N–H and O–H groups in total. The van der Waals surface area contributed by atoms with Gasteiger partial charge in [-0.25, -0.2) is 0 Å². The third-order valence-electron chi connectivity index (χ3n) is 1.98. The van der Waals surface area contributed by atoms with Crippen LogP contribution in [0.4, 0.5) is 5.69 Å². The highest BCUT2D eigenvalue weighted by Crippen LogP contribution is 2.14. The molecule has 13 heavy (non-hydrogen) atoms. The van der Waals surface area contributed by atoms with Crippen LogP contribution in [0.5, 0.6) is 0 Å². The standard InChI is InChI=1S/C11H15NO/c1-12(2)11-7-3-5-10(9-11)6-4-8-13/h3,5,7-9H,4,6H2,1-2H3. The van der Waals surface area contributed by atoms with E-state index in [0.717, 1.165) is 12.7 Å². The van der Waals surface area contributed by atoms with E-state index in [4.69, 9.17) is 0 Å². The van der Waals surface area contributed by atoms with Crippen LogP contribution in [0.15, 0.2) is 24.3 Å². The fourth-order valence-electron chi connectivity index (χ4n) is 1.22. The lowest BCUT2D eigenvalue weighted by Crippen LogP contribution is -2.08. The van der Waals surface area contributed by atoms with Gasteiger partial charge in [-0.2, -0.15) is 0 Å². The number of anilines is 1. The van der Waals surface area contributed by atoms with Gasteiger partial charge in [0, 0.05) is 26.2 Å². The van der Waals surface area contributed by atoms with E-state index in [-0.39, 0.29) is 0 Å². The van der Waals surface area contributed by atoms with Gasteiger partial charge in [0.15, 0.2) is 0 Å². The fourth-order valence-corrected chi connectivity index (χ4v) is 1.22. The first kappa shape index (κ1) is 9.78. The summed E-state index contributed by atoms with van der Waals surface area (Å²) < 4.78 is 0. The Bertz CT molecular complexity index is 281. The van der Waals surface area contributed by atoms with Crippen LogP contribution in [0.2, 0.25) is 0 Å². The number of aldehydes is 1. The molecule has 0 radical (unpaired) electrons. The molecule has 2 heteroatoms. The number of carbonyl (C=O) groups is 1. The highest BCUT2D eigenvalue weighted by Gasteiger charge is 1.96. The molecule has 0 bridgehead atoms. The molecule has 0 fully saturated rings. The van der Waals surface area contributed by atoms with Crippen molar-refractivity contribution in [3.8, 4) is 0 Å². The molecule has 70 valence electrons. The van der Waals surface area contributed by atoms with Gasteiger partial charge in [-0.15, -0.1) is 0 Å². The molecule has 1 aromatic rings. The number of hydrogen-bond acceptors (Lipinski definition) is 2. The van der Waals surface area contributed by atoms with Gasteiger partial charge < -0.3 is 9.69 Å². The molecule has 0 aromatic heterocycles. The molecule has 0 saturated heterocycles.